The summed E-state index contributed by atoms with van der Waals surface area (Å²) in [4.78, 5) is 24.2. The molecule has 0 aromatic heterocycles. The molecule has 1 amide bonds. The Labute approximate surface area is 178 Å². The first-order valence-electron chi connectivity index (χ1n) is 9.92. The number of amides is 1. The zero-order valence-corrected chi connectivity index (χ0v) is 17.1. The number of hydrogen-bond acceptors (Lipinski definition) is 8. The summed E-state index contributed by atoms with van der Waals surface area (Å²) in [5.41, 5.74) is -0.884. The van der Waals surface area contributed by atoms with Crippen molar-refractivity contribution in [3.63, 3.8) is 0 Å². The number of aromatic carboxylic acids is 1. The van der Waals surface area contributed by atoms with Crippen LogP contribution in [0.4, 0.5) is 0 Å². The van der Waals surface area contributed by atoms with Crippen LogP contribution in [0.15, 0.2) is 24.3 Å². The van der Waals surface area contributed by atoms with Gasteiger partial charge in [0.2, 0.25) is 0 Å². The van der Waals surface area contributed by atoms with Crippen LogP contribution >= 0.6 is 11.8 Å². The van der Waals surface area contributed by atoms with E-state index in [2.05, 4.69) is 5.32 Å². The molecule has 1 aromatic rings. The number of ether oxygens (including phenoxy) is 1. The van der Waals surface area contributed by atoms with E-state index in [0.717, 1.165) is 19.3 Å². The van der Waals surface area contributed by atoms with E-state index in [0.29, 0.717) is 6.42 Å². The van der Waals surface area contributed by atoms with E-state index < -0.39 is 48.3 Å². The van der Waals surface area contributed by atoms with Gasteiger partial charge in [0.1, 0.15) is 29.9 Å². The van der Waals surface area contributed by atoms with Gasteiger partial charge in [0.05, 0.1) is 17.7 Å². The Morgan fingerprint density at radius 1 is 1.03 bits per heavy atom. The van der Waals surface area contributed by atoms with E-state index in [9.17, 15) is 35.1 Å². The molecule has 1 saturated heterocycles. The molecule has 0 bridgehead atoms. The summed E-state index contributed by atoms with van der Waals surface area (Å²) in [6.07, 6.45) is -2.01. The molecule has 1 saturated carbocycles. The van der Waals surface area contributed by atoms with Gasteiger partial charge in [-0.15, -0.1) is 11.8 Å². The molecule has 2 fully saturated rings. The van der Waals surface area contributed by atoms with Gasteiger partial charge in [-0.3, -0.25) is 4.79 Å². The summed E-state index contributed by atoms with van der Waals surface area (Å²) >= 11 is 1.24. The van der Waals surface area contributed by atoms with Gasteiger partial charge in [-0.25, -0.2) is 4.79 Å². The third kappa shape index (κ3) is 4.96. The average molecular weight is 442 g/mol. The van der Waals surface area contributed by atoms with Crippen LogP contribution < -0.4 is 5.32 Å². The van der Waals surface area contributed by atoms with Crippen molar-refractivity contribution >= 4 is 23.6 Å². The monoisotopic (exact) mass is 441 g/mol. The number of carboxylic acid groups (broad SMARTS) is 1. The van der Waals surface area contributed by atoms with Gasteiger partial charge in [0.25, 0.3) is 5.91 Å². The topological polar surface area (TPSA) is 157 Å². The van der Waals surface area contributed by atoms with Gasteiger partial charge in [0, 0.05) is 11.3 Å². The minimum absolute atomic E-state index is 0.0761. The van der Waals surface area contributed by atoms with Crippen molar-refractivity contribution in [2.24, 2.45) is 0 Å². The molecule has 1 aliphatic carbocycles. The highest BCUT2D eigenvalue weighted by molar-refractivity contribution is 8.00. The number of carboxylic acids is 1. The lowest BCUT2D eigenvalue weighted by Crippen LogP contribution is -2.58. The second-order valence-corrected chi connectivity index (χ2v) is 8.93. The Bertz CT molecular complexity index is 760. The number of rotatable bonds is 6. The van der Waals surface area contributed by atoms with Gasteiger partial charge < -0.3 is 35.6 Å². The lowest BCUT2D eigenvalue weighted by molar-refractivity contribution is -0.205. The van der Waals surface area contributed by atoms with E-state index in [1.54, 1.807) is 12.1 Å². The summed E-state index contributed by atoms with van der Waals surface area (Å²) < 4.78 is 5.58. The molecule has 7 atom stereocenters. The van der Waals surface area contributed by atoms with Crippen molar-refractivity contribution in [3.05, 3.63) is 35.4 Å². The molecule has 0 radical (unpaired) electrons. The van der Waals surface area contributed by atoms with Gasteiger partial charge in [0.15, 0.2) is 0 Å². The zero-order chi connectivity index (χ0) is 21.8. The molecule has 10 heteroatoms. The molecule has 1 heterocycles. The molecule has 1 aliphatic heterocycles. The van der Waals surface area contributed by atoms with Crippen LogP contribution in [-0.4, -0.2) is 85.2 Å². The maximum Gasteiger partial charge on any atom is 0.336 e. The van der Waals surface area contributed by atoms with Crippen LogP contribution in [0.25, 0.3) is 0 Å². The fourth-order valence-corrected chi connectivity index (χ4v) is 5.46. The number of aliphatic hydroxyl groups excluding tert-OH is 4. The lowest BCUT2D eigenvalue weighted by atomic mass is 9.94. The third-order valence-corrected chi connectivity index (χ3v) is 7.15. The number of thioether (sulfide) groups is 1. The highest BCUT2D eigenvalue weighted by Crippen LogP contribution is 2.37. The van der Waals surface area contributed by atoms with Crippen LogP contribution in [0, 0.1) is 0 Å². The summed E-state index contributed by atoms with van der Waals surface area (Å²) in [5.74, 6) is -1.67. The number of hydrogen-bond donors (Lipinski definition) is 6. The number of benzene rings is 1. The Kier molecular flexibility index (Phi) is 7.72. The minimum Gasteiger partial charge on any atom is -0.478 e. The van der Waals surface area contributed by atoms with Crippen LogP contribution in [0.2, 0.25) is 0 Å². The van der Waals surface area contributed by atoms with E-state index in [1.807, 2.05) is 0 Å². The molecule has 9 nitrogen and oxygen atoms in total. The van der Waals surface area contributed by atoms with Gasteiger partial charge >= 0.3 is 5.97 Å². The quantitative estimate of drug-likeness (QED) is 0.356. The van der Waals surface area contributed by atoms with Crippen molar-refractivity contribution in [2.75, 3.05) is 6.61 Å². The highest BCUT2D eigenvalue weighted by atomic mass is 32.2. The van der Waals surface area contributed by atoms with Crippen LogP contribution in [-0.2, 0) is 4.74 Å². The largest absolute Gasteiger partial charge is 0.478 e. The normalized spacial score (nSPS) is 34.3. The van der Waals surface area contributed by atoms with E-state index in [-0.39, 0.29) is 22.4 Å². The number of aliphatic hydroxyl groups is 4. The minimum atomic E-state index is -1.45. The molecule has 0 spiro atoms. The summed E-state index contributed by atoms with van der Waals surface area (Å²) in [6.45, 7) is -0.501. The summed E-state index contributed by atoms with van der Waals surface area (Å²) in [6, 6.07) is 5.70. The second kappa shape index (κ2) is 10.1. The van der Waals surface area contributed by atoms with Gasteiger partial charge in [-0.1, -0.05) is 25.0 Å². The molecule has 2 aliphatic rings. The first-order chi connectivity index (χ1) is 14.3. The standard InChI is InChI=1S/C20H27NO8S/c22-9-13-15(23)16(24)17(25)20(29-13)30-14-8-4-3-7-12(14)21-18(26)10-5-1-2-6-11(10)19(27)28/h1-2,5-6,12-17,20,22-25H,3-4,7-9H2,(H,21,26)(H,27,28)/t12?,13?,14?,15-,16?,17?,20-/m0/s1. The number of carbonyl (C=O) groups is 2. The van der Waals surface area contributed by atoms with E-state index in [1.165, 1.54) is 23.9 Å². The first kappa shape index (κ1) is 23.0. The molecular formula is C20H27NO8S. The van der Waals surface area contributed by atoms with Crippen molar-refractivity contribution in [1.29, 1.82) is 0 Å². The van der Waals surface area contributed by atoms with Crippen molar-refractivity contribution < 1.29 is 39.9 Å². The Morgan fingerprint density at radius 2 is 1.70 bits per heavy atom. The smallest absolute Gasteiger partial charge is 0.336 e. The predicted octanol–water partition coefficient (Wildman–Crippen LogP) is -0.0411. The molecule has 166 valence electrons. The average Bonchev–Trinajstić information content (AvgIpc) is 2.75. The molecule has 1 aromatic carbocycles. The van der Waals surface area contributed by atoms with E-state index in [4.69, 9.17) is 4.74 Å². The lowest BCUT2D eigenvalue weighted by Gasteiger charge is -2.42. The van der Waals surface area contributed by atoms with Crippen LogP contribution in [0.1, 0.15) is 46.4 Å². The fraction of sp³-hybridized carbons (Fsp3) is 0.600. The molecular weight excluding hydrogens is 414 g/mol. The fourth-order valence-electron chi connectivity index (χ4n) is 3.89. The first-order valence-corrected chi connectivity index (χ1v) is 10.9. The summed E-state index contributed by atoms with van der Waals surface area (Å²) in [7, 11) is 0. The van der Waals surface area contributed by atoms with Crippen molar-refractivity contribution in [3.8, 4) is 0 Å². The highest BCUT2D eigenvalue weighted by Gasteiger charge is 2.45. The second-order valence-electron chi connectivity index (χ2n) is 7.59. The third-order valence-electron chi connectivity index (χ3n) is 5.58. The van der Waals surface area contributed by atoms with Crippen molar-refractivity contribution in [2.45, 2.75) is 66.8 Å². The molecule has 3 rings (SSSR count). The maximum absolute atomic E-state index is 12.8. The van der Waals surface area contributed by atoms with Crippen LogP contribution in [0.5, 0.6) is 0 Å². The maximum atomic E-state index is 12.8. The SMILES string of the molecule is O=C(O)c1ccccc1C(=O)NC1CCCCC1S[C@@H]1OC(CO)[C@H](O)C(O)C1O. The van der Waals surface area contributed by atoms with Crippen molar-refractivity contribution in [1.82, 2.24) is 5.32 Å². The Balaban J connectivity index is 1.71. The van der Waals surface area contributed by atoms with E-state index >= 15 is 0 Å². The van der Waals surface area contributed by atoms with Gasteiger partial charge in [-0.05, 0) is 25.0 Å². The van der Waals surface area contributed by atoms with Crippen LogP contribution in [0.3, 0.4) is 0 Å². The molecule has 6 N–H and O–H groups in total. The zero-order valence-electron chi connectivity index (χ0n) is 16.3. The summed E-state index contributed by atoms with van der Waals surface area (Å²) in [5, 5.41) is 51.7. The predicted molar refractivity (Wildman–Crippen MR) is 108 cm³/mol. The molecule has 5 unspecified atom stereocenters. The Hall–Kier alpha value is -1.69. The Morgan fingerprint density at radius 3 is 2.37 bits per heavy atom. The number of nitrogens with one attached hydrogen (secondary N) is 1. The number of carbonyl (C=O) groups excluding carboxylic acids is 1. The van der Waals surface area contributed by atoms with Gasteiger partial charge in [-0.2, -0.15) is 0 Å². The molecule has 30 heavy (non-hydrogen) atoms.